The molecule has 5 heteroatoms. The van der Waals surface area contributed by atoms with E-state index in [-0.39, 0.29) is 27.9 Å². The highest BCUT2D eigenvalue weighted by Crippen LogP contribution is 2.31. The highest BCUT2D eigenvalue weighted by molar-refractivity contribution is 7.13. The van der Waals surface area contributed by atoms with Crippen molar-refractivity contribution in [3.05, 3.63) is 45.9 Å². The van der Waals surface area contributed by atoms with Crippen molar-refractivity contribution in [2.45, 2.75) is 0 Å². The number of fused-ring (bicyclic) bond motifs is 1. The van der Waals surface area contributed by atoms with Crippen molar-refractivity contribution < 1.29 is 14.6 Å². The van der Waals surface area contributed by atoms with Gasteiger partial charge in [0.2, 0.25) is 0 Å². The van der Waals surface area contributed by atoms with Crippen LogP contribution >= 0.6 is 11.3 Å². The fraction of sp³-hybridized carbons (Fsp3) is 0. The van der Waals surface area contributed by atoms with Crippen molar-refractivity contribution in [3.63, 3.8) is 0 Å². The Bertz CT molecular complexity index is 772. The second-order valence-corrected chi connectivity index (χ2v) is 4.74. The topological polar surface area (TPSA) is 70.7 Å². The third kappa shape index (κ3) is 1.65. The quantitative estimate of drug-likeness (QED) is 0.705. The second kappa shape index (κ2) is 3.89. The van der Waals surface area contributed by atoms with E-state index < -0.39 is 0 Å². The van der Waals surface area contributed by atoms with Gasteiger partial charge in [-0.25, -0.2) is 0 Å². The zero-order valence-electron chi connectivity index (χ0n) is 9.08. The Kier molecular flexibility index (Phi) is 2.34. The van der Waals surface area contributed by atoms with Gasteiger partial charge in [0.05, 0.1) is 4.88 Å². The van der Waals surface area contributed by atoms with Gasteiger partial charge in [0.25, 0.3) is 0 Å². The molecule has 0 saturated heterocycles. The average molecular weight is 260 g/mol. The Morgan fingerprint density at radius 3 is 2.72 bits per heavy atom. The Morgan fingerprint density at radius 1 is 1.17 bits per heavy atom. The molecule has 0 amide bonds. The molecule has 0 aliphatic rings. The van der Waals surface area contributed by atoms with Gasteiger partial charge in [0.1, 0.15) is 28.2 Å². The molecule has 2 aromatic heterocycles. The van der Waals surface area contributed by atoms with Crippen LogP contribution in [0.3, 0.4) is 0 Å². The molecule has 0 spiro atoms. The summed E-state index contributed by atoms with van der Waals surface area (Å²) in [6.07, 6.45) is 0. The fourth-order valence-electron chi connectivity index (χ4n) is 1.79. The van der Waals surface area contributed by atoms with Crippen molar-refractivity contribution in [2.75, 3.05) is 0 Å². The lowest BCUT2D eigenvalue weighted by Crippen LogP contribution is -2.00. The predicted octanol–water partition coefficient (Wildman–Crippen LogP) is 2.93. The molecule has 90 valence electrons. The van der Waals surface area contributed by atoms with Crippen molar-refractivity contribution in [2.24, 2.45) is 0 Å². The van der Waals surface area contributed by atoms with Crippen LogP contribution in [0.25, 0.3) is 21.6 Å². The average Bonchev–Trinajstić information content (AvgIpc) is 2.80. The zero-order valence-corrected chi connectivity index (χ0v) is 9.90. The van der Waals surface area contributed by atoms with Gasteiger partial charge in [-0.05, 0) is 11.4 Å². The molecule has 0 radical (unpaired) electrons. The first-order valence-electron chi connectivity index (χ1n) is 5.19. The number of aromatic hydroxyl groups is 2. The van der Waals surface area contributed by atoms with Gasteiger partial charge in [-0.15, -0.1) is 11.3 Å². The van der Waals surface area contributed by atoms with E-state index in [0.29, 0.717) is 5.76 Å². The van der Waals surface area contributed by atoms with E-state index in [1.807, 2.05) is 17.5 Å². The van der Waals surface area contributed by atoms with Gasteiger partial charge in [-0.1, -0.05) is 6.07 Å². The number of hydrogen-bond acceptors (Lipinski definition) is 5. The standard InChI is InChI=1S/C13H8O4S/c14-7-4-8(15)13-9(16)6-10(17-11(13)5-7)12-2-1-3-18-12/h1-6,14-15H. The van der Waals surface area contributed by atoms with Gasteiger partial charge < -0.3 is 14.6 Å². The van der Waals surface area contributed by atoms with Crippen LogP contribution in [-0.4, -0.2) is 10.2 Å². The summed E-state index contributed by atoms with van der Waals surface area (Å²) in [5.74, 6) is -0.00420. The Hall–Kier alpha value is -2.27. The SMILES string of the molecule is O=c1cc(-c2cccs2)oc2cc(O)cc(O)c12. The van der Waals surface area contributed by atoms with Crippen molar-refractivity contribution in [1.82, 2.24) is 0 Å². The first kappa shape index (κ1) is 10.9. The molecule has 0 aliphatic heterocycles. The van der Waals surface area contributed by atoms with Gasteiger partial charge in [0.15, 0.2) is 5.43 Å². The maximum Gasteiger partial charge on any atom is 0.197 e. The number of thiophene rings is 1. The fourth-order valence-corrected chi connectivity index (χ4v) is 2.47. The first-order valence-corrected chi connectivity index (χ1v) is 6.07. The van der Waals surface area contributed by atoms with Crippen molar-refractivity contribution in [1.29, 1.82) is 0 Å². The van der Waals surface area contributed by atoms with E-state index in [1.165, 1.54) is 23.5 Å². The maximum absolute atomic E-state index is 11.9. The zero-order chi connectivity index (χ0) is 12.7. The summed E-state index contributed by atoms with van der Waals surface area (Å²) in [6, 6.07) is 7.45. The number of phenolic OH excluding ortho intramolecular Hbond substituents is 2. The maximum atomic E-state index is 11.9. The number of rotatable bonds is 1. The summed E-state index contributed by atoms with van der Waals surface area (Å²) in [7, 11) is 0. The van der Waals surface area contributed by atoms with Crippen molar-refractivity contribution in [3.8, 4) is 22.1 Å². The summed E-state index contributed by atoms with van der Waals surface area (Å²) in [5.41, 5.74) is -0.166. The van der Waals surface area contributed by atoms with Crippen molar-refractivity contribution >= 4 is 22.3 Å². The third-order valence-corrected chi connectivity index (χ3v) is 3.44. The van der Waals surface area contributed by atoms with Crippen LogP contribution < -0.4 is 5.43 Å². The van der Waals surface area contributed by atoms with Crippen LogP contribution in [0.4, 0.5) is 0 Å². The third-order valence-electron chi connectivity index (χ3n) is 2.56. The molecular weight excluding hydrogens is 252 g/mol. The minimum atomic E-state index is -0.336. The molecule has 3 aromatic rings. The molecule has 3 rings (SSSR count). The Labute approximate surface area is 105 Å². The monoisotopic (exact) mass is 260 g/mol. The lowest BCUT2D eigenvalue weighted by atomic mass is 10.2. The van der Waals surface area contributed by atoms with Gasteiger partial charge >= 0.3 is 0 Å². The molecular formula is C13H8O4S. The number of benzene rings is 1. The smallest absolute Gasteiger partial charge is 0.197 e. The summed E-state index contributed by atoms with van der Waals surface area (Å²) < 4.78 is 5.54. The minimum Gasteiger partial charge on any atom is -0.508 e. The van der Waals surface area contributed by atoms with E-state index in [2.05, 4.69) is 0 Å². The van der Waals surface area contributed by atoms with Gasteiger partial charge in [0, 0.05) is 18.2 Å². The lowest BCUT2D eigenvalue weighted by molar-refractivity contribution is 0.452. The van der Waals surface area contributed by atoms with E-state index in [9.17, 15) is 15.0 Å². The molecule has 0 bridgehead atoms. The summed E-state index contributed by atoms with van der Waals surface area (Å²) in [6.45, 7) is 0. The molecule has 2 N–H and O–H groups in total. The van der Waals surface area contributed by atoms with Crippen LogP contribution in [0, 0.1) is 0 Å². The molecule has 0 saturated carbocycles. The van der Waals surface area contributed by atoms with E-state index in [1.54, 1.807) is 0 Å². The summed E-state index contributed by atoms with van der Waals surface area (Å²) in [4.78, 5) is 12.7. The first-order chi connectivity index (χ1) is 8.65. The van der Waals surface area contributed by atoms with Crippen LogP contribution in [0.2, 0.25) is 0 Å². The molecule has 18 heavy (non-hydrogen) atoms. The number of hydrogen-bond donors (Lipinski definition) is 2. The molecule has 0 fully saturated rings. The molecule has 0 unspecified atom stereocenters. The molecule has 0 atom stereocenters. The minimum absolute atomic E-state index is 0.0770. The van der Waals surface area contributed by atoms with E-state index in [4.69, 9.17) is 4.42 Å². The van der Waals surface area contributed by atoms with Gasteiger partial charge in [-0.2, -0.15) is 0 Å². The van der Waals surface area contributed by atoms with Crippen LogP contribution in [0.5, 0.6) is 11.5 Å². The highest BCUT2D eigenvalue weighted by atomic mass is 32.1. The second-order valence-electron chi connectivity index (χ2n) is 3.79. The van der Waals surface area contributed by atoms with Crippen LogP contribution in [-0.2, 0) is 0 Å². The largest absolute Gasteiger partial charge is 0.508 e. The van der Waals surface area contributed by atoms with E-state index >= 15 is 0 Å². The normalized spacial score (nSPS) is 10.9. The molecule has 2 heterocycles. The summed E-state index contributed by atoms with van der Waals surface area (Å²) >= 11 is 1.44. The summed E-state index contributed by atoms with van der Waals surface area (Å²) in [5, 5.41) is 21.0. The molecule has 4 nitrogen and oxygen atoms in total. The number of phenols is 2. The lowest BCUT2D eigenvalue weighted by Gasteiger charge is -2.03. The molecule has 0 aliphatic carbocycles. The highest BCUT2D eigenvalue weighted by Gasteiger charge is 2.12. The molecule has 1 aromatic carbocycles. The Morgan fingerprint density at radius 2 is 2.00 bits per heavy atom. The predicted molar refractivity (Wildman–Crippen MR) is 69.1 cm³/mol. The van der Waals surface area contributed by atoms with Gasteiger partial charge in [-0.3, -0.25) is 4.79 Å². The van der Waals surface area contributed by atoms with E-state index in [0.717, 1.165) is 10.9 Å². The van der Waals surface area contributed by atoms with Crippen LogP contribution in [0.1, 0.15) is 0 Å². The Balaban J connectivity index is 2.37. The van der Waals surface area contributed by atoms with Crippen LogP contribution in [0.15, 0.2) is 44.9 Å².